The van der Waals surface area contributed by atoms with Gasteiger partial charge in [0, 0.05) is 39.4 Å². The molecule has 0 aromatic rings. The molecule has 0 spiro atoms. The van der Waals surface area contributed by atoms with Gasteiger partial charge in [-0.25, -0.2) is 0 Å². The summed E-state index contributed by atoms with van der Waals surface area (Å²) in [4.78, 5) is 16.7. The first-order chi connectivity index (χ1) is 8.72. The Bertz CT molecular complexity index is 285. The van der Waals surface area contributed by atoms with Gasteiger partial charge in [0.1, 0.15) is 0 Å². The molecule has 0 saturated carbocycles. The molecule has 0 aliphatic carbocycles. The third-order valence-electron chi connectivity index (χ3n) is 4.08. The van der Waals surface area contributed by atoms with Gasteiger partial charge in [-0.05, 0) is 32.2 Å². The smallest absolute Gasteiger partial charge is 0.239 e. The van der Waals surface area contributed by atoms with Crippen LogP contribution >= 0.6 is 0 Å². The second-order valence-electron chi connectivity index (χ2n) is 5.36. The summed E-state index contributed by atoms with van der Waals surface area (Å²) >= 11 is 0. The summed E-state index contributed by atoms with van der Waals surface area (Å²) in [5.41, 5.74) is 5.97. The minimum atomic E-state index is -0.354. The van der Waals surface area contributed by atoms with E-state index in [2.05, 4.69) is 4.90 Å². The number of hydrogen-bond donors (Lipinski definition) is 1. The lowest BCUT2D eigenvalue weighted by atomic mass is 10.1. The van der Waals surface area contributed by atoms with Gasteiger partial charge in [0.15, 0.2) is 0 Å². The fourth-order valence-electron chi connectivity index (χ4n) is 3.00. The van der Waals surface area contributed by atoms with Crippen LogP contribution in [0.4, 0.5) is 0 Å². The molecule has 1 amide bonds. The third kappa shape index (κ3) is 3.22. The van der Waals surface area contributed by atoms with E-state index in [1.807, 2.05) is 4.90 Å². The number of carbonyl (C=O) groups excluding carboxylic acids is 1. The number of nitrogens with two attached hydrogens (primary N) is 1. The Balaban J connectivity index is 1.78. The lowest BCUT2D eigenvalue weighted by Gasteiger charge is -2.38. The van der Waals surface area contributed by atoms with Crippen LogP contribution in [0.3, 0.4) is 0 Å². The predicted molar refractivity (Wildman–Crippen MR) is 70.3 cm³/mol. The lowest BCUT2D eigenvalue weighted by molar-refractivity contribution is -0.135. The quantitative estimate of drug-likeness (QED) is 0.705. The molecule has 5 nitrogen and oxygen atoms in total. The highest BCUT2D eigenvalue weighted by Crippen LogP contribution is 2.21. The molecule has 0 aromatic carbocycles. The first kappa shape index (κ1) is 13.8. The summed E-state index contributed by atoms with van der Waals surface area (Å²) in [6.45, 7) is 4.61. The second-order valence-corrected chi connectivity index (χ2v) is 5.36. The van der Waals surface area contributed by atoms with Gasteiger partial charge in [0.25, 0.3) is 0 Å². The molecule has 104 valence electrons. The molecule has 2 aliphatic heterocycles. The molecule has 0 radical (unpaired) electrons. The average molecular weight is 255 g/mol. The highest BCUT2D eigenvalue weighted by Gasteiger charge is 2.33. The van der Waals surface area contributed by atoms with Gasteiger partial charge in [0.2, 0.25) is 5.91 Å². The van der Waals surface area contributed by atoms with Crippen LogP contribution in [0.15, 0.2) is 0 Å². The van der Waals surface area contributed by atoms with Crippen LogP contribution in [-0.4, -0.2) is 67.7 Å². The van der Waals surface area contributed by atoms with Crippen LogP contribution < -0.4 is 5.73 Å². The Morgan fingerprint density at radius 3 is 3.06 bits per heavy atom. The molecule has 18 heavy (non-hydrogen) atoms. The minimum absolute atomic E-state index is 0.123. The molecule has 2 heterocycles. The maximum atomic E-state index is 12.2. The number of amides is 1. The molecule has 0 bridgehead atoms. The van der Waals surface area contributed by atoms with Crippen LogP contribution in [0.1, 0.15) is 25.7 Å². The summed E-state index contributed by atoms with van der Waals surface area (Å²) in [7, 11) is 1.67. The van der Waals surface area contributed by atoms with Gasteiger partial charge in [0.05, 0.1) is 6.04 Å². The topological polar surface area (TPSA) is 58.8 Å². The first-order valence-electron chi connectivity index (χ1n) is 6.99. The Morgan fingerprint density at radius 2 is 2.28 bits per heavy atom. The van der Waals surface area contributed by atoms with E-state index in [1.54, 1.807) is 7.11 Å². The number of hydrogen-bond acceptors (Lipinski definition) is 4. The van der Waals surface area contributed by atoms with Gasteiger partial charge >= 0.3 is 0 Å². The molecular formula is C13H25N3O2. The van der Waals surface area contributed by atoms with Crippen molar-refractivity contribution in [3.8, 4) is 0 Å². The van der Waals surface area contributed by atoms with E-state index in [1.165, 1.54) is 19.4 Å². The zero-order valence-electron chi connectivity index (χ0n) is 11.3. The van der Waals surface area contributed by atoms with Crippen molar-refractivity contribution in [2.75, 3.05) is 39.9 Å². The van der Waals surface area contributed by atoms with Gasteiger partial charge in [-0.1, -0.05) is 0 Å². The van der Waals surface area contributed by atoms with E-state index in [4.69, 9.17) is 10.5 Å². The number of methoxy groups -OCH3 is 1. The van der Waals surface area contributed by atoms with Crippen molar-refractivity contribution in [1.29, 1.82) is 0 Å². The number of fused-ring (bicyclic) bond motifs is 1. The lowest BCUT2D eigenvalue weighted by Crippen LogP contribution is -2.55. The SMILES string of the molecule is COCCCC(N)C(=O)N1CCN2CCCC2C1. The standard InChI is InChI=1S/C13H25N3O2/c1-18-9-3-5-12(14)13(17)16-8-7-15-6-2-4-11(15)10-16/h11-12H,2-10,14H2,1H3. The predicted octanol–water partition coefficient (Wildman–Crippen LogP) is 0.0469. The van der Waals surface area contributed by atoms with Crippen molar-refractivity contribution in [3.63, 3.8) is 0 Å². The summed E-state index contributed by atoms with van der Waals surface area (Å²) in [5.74, 6) is 0.123. The van der Waals surface area contributed by atoms with Crippen molar-refractivity contribution in [1.82, 2.24) is 9.80 Å². The van der Waals surface area contributed by atoms with Crippen LogP contribution in [-0.2, 0) is 9.53 Å². The van der Waals surface area contributed by atoms with Gasteiger partial charge in [-0.15, -0.1) is 0 Å². The summed E-state index contributed by atoms with van der Waals surface area (Å²) in [5, 5.41) is 0. The molecule has 2 N–H and O–H groups in total. The normalized spacial score (nSPS) is 26.1. The fraction of sp³-hybridized carbons (Fsp3) is 0.923. The Hall–Kier alpha value is -0.650. The monoisotopic (exact) mass is 255 g/mol. The number of piperazine rings is 1. The molecule has 2 unspecified atom stereocenters. The second kappa shape index (κ2) is 6.50. The highest BCUT2D eigenvalue weighted by molar-refractivity contribution is 5.81. The molecular weight excluding hydrogens is 230 g/mol. The van der Waals surface area contributed by atoms with E-state index < -0.39 is 0 Å². The molecule has 0 aromatic heterocycles. The van der Waals surface area contributed by atoms with Crippen LogP contribution in [0.2, 0.25) is 0 Å². The van der Waals surface area contributed by atoms with Crippen molar-refractivity contribution in [2.24, 2.45) is 5.73 Å². The minimum Gasteiger partial charge on any atom is -0.385 e. The van der Waals surface area contributed by atoms with E-state index in [0.717, 1.165) is 32.5 Å². The zero-order valence-corrected chi connectivity index (χ0v) is 11.3. The Morgan fingerprint density at radius 1 is 1.44 bits per heavy atom. The van der Waals surface area contributed by atoms with Crippen LogP contribution in [0, 0.1) is 0 Å². The van der Waals surface area contributed by atoms with Gasteiger partial charge in [-0.2, -0.15) is 0 Å². The highest BCUT2D eigenvalue weighted by atomic mass is 16.5. The van der Waals surface area contributed by atoms with Crippen molar-refractivity contribution >= 4 is 5.91 Å². The maximum absolute atomic E-state index is 12.2. The zero-order chi connectivity index (χ0) is 13.0. The summed E-state index contributed by atoms with van der Waals surface area (Å²) < 4.78 is 4.99. The maximum Gasteiger partial charge on any atom is 0.239 e. The Labute approximate surface area is 109 Å². The third-order valence-corrected chi connectivity index (χ3v) is 4.08. The van der Waals surface area contributed by atoms with Crippen molar-refractivity contribution < 1.29 is 9.53 Å². The Kier molecular flexibility index (Phi) is 4.97. The van der Waals surface area contributed by atoms with E-state index in [9.17, 15) is 4.79 Å². The molecule has 2 atom stereocenters. The van der Waals surface area contributed by atoms with E-state index in [-0.39, 0.29) is 11.9 Å². The number of carbonyl (C=O) groups is 1. The summed E-state index contributed by atoms with van der Waals surface area (Å²) in [6.07, 6.45) is 4.07. The van der Waals surface area contributed by atoms with Crippen LogP contribution in [0.5, 0.6) is 0 Å². The summed E-state index contributed by atoms with van der Waals surface area (Å²) in [6, 6.07) is 0.224. The van der Waals surface area contributed by atoms with Crippen LogP contribution in [0.25, 0.3) is 0 Å². The number of nitrogens with zero attached hydrogens (tertiary/aromatic N) is 2. The first-order valence-corrected chi connectivity index (χ1v) is 6.99. The molecule has 2 aliphatic rings. The van der Waals surface area contributed by atoms with E-state index >= 15 is 0 Å². The van der Waals surface area contributed by atoms with Gasteiger partial charge in [-0.3, -0.25) is 9.69 Å². The van der Waals surface area contributed by atoms with Gasteiger partial charge < -0.3 is 15.4 Å². The molecule has 5 heteroatoms. The molecule has 2 fully saturated rings. The van der Waals surface area contributed by atoms with E-state index in [0.29, 0.717) is 12.6 Å². The average Bonchev–Trinajstić information content (AvgIpc) is 2.85. The molecule has 2 rings (SSSR count). The molecule has 2 saturated heterocycles. The number of rotatable bonds is 5. The van der Waals surface area contributed by atoms with Crippen molar-refractivity contribution in [2.45, 2.75) is 37.8 Å². The number of ether oxygens (including phenoxy) is 1. The largest absolute Gasteiger partial charge is 0.385 e. The van der Waals surface area contributed by atoms with Crippen molar-refractivity contribution in [3.05, 3.63) is 0 Å². The fourth-order valence-corrected chi connectivity index (χ4v) is 3.00.